The lowest BCUT2D eigenvalue weighted by Crippen LogP contribution is -2.43. The van der Waals surface area contributed by atoms with Crippen LogP contribution in [0.5, 0.6) is 0 Å². The fourth-order valence-electron chi connectivity index (χ4n) is 2.31. The SMILES string of the molecule is CC(=O)OC[C@@]1(CO)CCc2ccccc2C1=O. The van der Waals surface area contributed by atoms with Crippen LogP contribution in [0.15, 0.2) is 24.3 Å². The van der Waals surface area contributed by atoms with Gasteiger partial charge in [-0.15, -0.1) is 0 Å². The Morgan fingerprint density at radius 1 is 1.44 bits per heavy atom. The van der Waals surface area contributed by atoms with E-state index in [1.54, 1.807) is 12.1 Å². The molecular weight excluding hydrogens is 232 g/mol. The van der Waals surface area contributed by atoms with Gasteiger partial charge in [-0.2, -0.15) is 0 Å². The van der Waals surface area contributed by atoms with Gasteiger partial charge in [0.2, 0.25) is 0 Å². The predicted octanol–water partition coefficient (Wildman–Crippen LogP) is 1.36. The van der Waals surface area contributed by atoms with Crippen LogP contribution >= 0.6 is 0 Å². The second kappa shape index (κ2) is 4.90. The van der Waals surface area contributed by atoms with Crippen molar-refractivity contribution in [3.63, 3.8) is 0 Å². The summed E-state index contributed by atoms with van der Waals surface area (Å²) >= 11 is 0. The quantitative estimate of drug-likeness (QED) is 0.820. The molecule has 0 bridgehead atoms. The Morgan fingerprint density at radius 2 is 2.17 bits per heavy atom. The summed E-state index contributed by atoms with van der Waals surface area (Å²) in [7, 11) is 0. The summed E-state index contributed by atoms with van der Waals surface area (Å²) < 4.78 is 4.94. The van der Waals surface area contributed by atoms with Gasteiger partial charge in [0.25, 0.3) is 0 Å². The molecule has 0 aliphatic heterocycles. The Kier molecular flexibility index (Phi) is 3.48. The van der Waals surface area contributed by atoms with E-state index in [9.17, 15) is 14.7 Å². The minimum absolute atomic E-state index is 0.0496. The van der Waals surface area contributed by atoms with Crippen molar-refractivity contribution in [3.05, 3.63) is 35.4 Å². The molecular formula is C14H16O4. The molecule has 1 aliphatic rings. The number of hydrogen-bond donors (Lipinski definition) is 1. The van der Waals surface area contributed by atoms with Gasteiger partial charge in [0.15, 0.2) is 5.78 Å². The van der Waals surface area contributed by atoms with Crippen LogP contribution in [-0.2, 0) is 16.0 Å². The van der Waals surface area contributed by atoms with E-state index in [1.165, 1.54) is 6.92 Å². The van der Waals surface area contributed by atoms with Crippen molar-refractivity contribution in [1.82, 2.24) is 0 Å². The maximum Gasteiger partial charge on any atom is 0.302 e. The average Bonchev–Trinajstić information content (AvgIpc) is 2.39. The summed E-state index contributed by atoms with van der Waals surface area (Å²) in [4.78, 5) is 23.3. The second-order valence-corrected chi connectivity index (χ2v) is 4.70. The summed E-state index contributed by atoms with van der Waals surface area (Å²) in [5.74, 6) is -0.567. The zero-order valence-electron chi connectivity index (χ0n) is 10.3. The molecule has 0 heterocycles. The van der Waals surface area contributed by atoms with Crippen LogP contribution in [0.4, 0.5) is 0 Å². The van der Waals surface area contributed by atoms with Gasteiger partial charge in [-0.25, -0.2) is 0 Å². The molecule has 0 fully saturated rings. The molecule has 0 saturated carbocycles. The molecule has 1 N–H and O–H groups in total. The zero-order valence-corrected chi connectivity index (χ0v) is 10.3. The van der Waals surface area contributed by atoms with E-state index in [2.05, 4.69) is 0 Å². The first-order valence-electron chi connectivity index (χ1n) is 5.96. The van der Waals surface area contributed by atoms with E-state index in [1.807, 2.05) is 12.1 Å². The highest BCUT2D eigenvalue weighted by Crippen LogP contribution is 2.35. The zero-order chi connectivity index (χ0) is 13.2. The maximum atomic E-state index is 12.4. The number of ether oxygens (including phenoxy) is 1. The number of aryl methyl sites for hydroxylation is 1. The standard InChI is InChI=1S/C14H16O4/c1-10(16)18-9-14(8-15)7-6-11-4-2-3-5-12(11)13(14)17/h2-5,15H,6-9H2,1H3/t14-/m0/s1. The number of ketones is 1. The van der Waals surface area contributed by atoms with Crippen molar-refractivity contribution in [2.75, 3.05) is 13.2 Å². The summed E-state index contributed by atoms with van der Waals surface area (Å²) in [5.41, 5.74) is 0.652. The number of carbonyl (C=O) groups is 2. The highest BCUT2D eigenvalue weighted by Gasteiger charge is 2.43. The van der Waals surface area contributed by atoms with Gasteiger partial charge in [-0.05, 0) is 18.4 Å². The summed E-state index contributed by atoms with van der Waals surface area (Å²) in [6.45, 7) is 0.950. The first kappa shape index (κ1) is 12.8. The first-order valence-corrected chi connectivity index (χ1v) is 5.96. The van der Waals surface area contributed by atoms with E-state index in [0.29, 0.717) is 18.4 Å². The Balaban J connectivity index is 2.30. The van der Waals surface area contributed by atoms with Crippen molar-refractivity contribution in [2.24, 2.45) is 5.41 Å². The van der Waals surface area contributed by atoms with Crippen LogP contribution in [0, 0.1) is 5.41 Å². The molecule has 2 rings (SSSR count). The van der Waals surface area contributed by atoms with Gasteiger partial charge in [-0.1, -0.05) is 24.3 Å². The Hall–Kier alpha value is -1.68. The monoisotopic (exact) mass is 248 g/mol. The Labute approximate surface area is 106 Å². The summed E-state index contributed by atoms with van der Waals surface area (Å²) in [6.07, 6.45) is 1.22. The largest absolute Gasteiger partial charge is 0.465 e. The Bertz CT molecular complexity index is 480. The number of rotatable bonds is 3. The van der Waals surface area contributed by atoms with Crippen molar-refractivity contribution in [3.8, 4) is 0 Å². The third kappa shape index (κ3) is 2.16. The molecule has 18 heavy (non-hydrogen) atoms. The number of benzene rings is 1. The van der Waals surface area contributed by atoms with E-state index in [-0.39, 0.29) is 19.0 Å². The van der Waals surface area contributed by atoms with Gasteiger partial charge in [0, 0.05) is 12.5 Å². The topological polar surface area (TPSA) is 63.6 Å². The summed E-state index contributed by atoms with van der Waals surface area (Å²) in [6, 6.07) is 7.37. The molecule has 0 aromatic heterocycles. The van der Waals surface area contributed by atoms with Gasteiger partial charge >= 0.3 is 5.97 Å². The lowest BCUT2D eigenvalue weighted by atomic mass is 9.71. The Morgan fingerprint density at radius 3 is 2.83 bits per heavy atom. The first-order chi connectivity index (χ1) is 8.59. The minimum Gasteiger partial charge on any atom is -0.465 e. The number of aliphatic hydroxyl groups is 1. The van der Waals surface area contributed by atoms with Crippen LogP contribution in [0.3, 0.4) is 0 Å². The molecule has 1 aliphatic carbocycles. The van der Waals surface area contributed by atoms with Crippen LogP contribution in [0.25, 0.3) is 0 Å². The number of Topliss-reactive ketones (excluding diaryl/α,β-unsaturated/α-hetero) is 1. The van der Waals surface area contributed by atoms with E-state index >= 15 is 0 Å². The van der Waals surface area contributed by atoms with Crippen LogP contribution in [0.1, 0.15) is 29.3 Å². The lowest BCUT2D eigenvalue weighted by molar-refractivity contribution is -0.144. The third-order valence-corrected chi connectivity index (χ3v) is 3.47. The van der Waals surface area contributed by atoms with E-state index in [4.69, 9.17) is 4.74 Å². The molecule has 0 saturated heterocycles. The molecule has 4 heteroatoms. The lowest BCUT2D eigenvalue weighted by Gasteiger charge is -2.34. The average molecular weight is 248 g/mol. The van der Waals surface area contributed by atoms with Gasteiger partial charge in [0.05, 0.1) is 12.0 Å². The number of hydrogen-bond acceptors (Lipinski definition) is 4. The molecule has 96 valence electrons. The maximum absolute atomic E-state index is 12.4. The number of aliphatic hydroxyl groups excluding tert-OH is 1. The normalized spacial score (nSPS) is 22.4. The number of carbonyl (C=O) groups excluding carboxylic acids is 2. The van der Waals surface area contributed by atoms with Crippen molar-refractivity contribution < 1.29 is 19.4 Å². The fraction of sp³-hybridized carbons (Fsp3) is 0.429. The third-order valence-electron chi connectivity index (χ3n) is 3.47. The predicted molar refractivity (Wildman–Crippen MR) is 65.2 cm³/mol. The smallest absolute Gasteiger partial charge is 0.302 e. The fourth-order valence-corrected chi connectivity index (χ4v) is 2.31. The van der Waals surface area contributed by atoms with Crippen LogP contribution < -0.4 is 0 Å². The van der Waals surface area contributed by atoms with Gasteiger partial charge < -0.3 is 9.84 Å². The molecule has 1 aromatic rings. The van der Waals surface area contributed by atoms with Gasteiger partial charge in [0.1, 0.15) is 6.61 Å². The second-order valence-electron chi connectivity index (χ2n) is 4.70. The van der Waals surface area contributed by atoms with E-state index in [0.717, 1.165) is 5.56 Å². The van der Waals surface area contributed by atoms with Crippen molar-refractivity contribution >= 4 is 11.8 Å². The van der Waals surface area contributed by atoms with Crippen molar-refractivity contribution in [1.29, 1.82) is 0 Å². The van der Waals surface area contributed by atoms with Crippen molar-refractivity contribution in [2.45, 2.75) is 19.8 Å². The molecule has 0 spiro atoms. The minimum atomic E-state index is -0.972. The molecule has 0 amide bonds. The molecule has 1 atom stereocenters. The van der Waals surface area contributed by atoms with Crippen LogP contribution in [0.2, 0.25) is 0 Å². The van der Waals surface area contributed by atoms with Crippen LogP contribution in [-0.4, -0.2) is 30.1 Å². The summed E-state index contributed by atoms with van der Waals surface area (Å²) in [5, 5.41) is 9.54. The highest BCUT2D eigenvalue weighted by atomic mass is 16.5. The molecule has 0 radical (unpaired) electrons. The number of fused-ring (bicyclic) bond motifs is 1. The van der Waals surface area contributed by atoms with Gasteiger partial charge in [-0.3, -0.25) is 9.59 Å². The molecule has 1 aromatic carbocycles. The highest BCUT2D eigenvalue weighted by molar-refractivity contribution is 6.03. The number of esters is 1. The molecule has 4 nitrogen and oxygen atoms in total. The van der Waals surface area contributed by atoms with E-state index < -0.39 is 11.4 Å². The molecule has 0 unspecified atom stereocenters.